The number of carbonyl (C=O) groups is 1. The van der Waals surface area contributed by atoms with Crippen molar-refractivity contribution in [2.75, 3.05) is 13.1 Å². The molecule has 0 saturated carbocycles. The normalized spacial score (nSPS) is 21.7. The summed E-state index contributed by atoms with van der Waals surface area (Å²) in [4.78, 5) is 19.4. The van der Waals surface area contributed by atoms with Gasteiger partial charge in [0.05, 0.1) is 5.60 Å². The lowest BCUT2D eigenvalue weighted by molar-refractivity contribution is -0.140. The Hall–Kier alpha value is -1.85. The molecule has 2 aromatic rings. The van der Waals surface area contributed by atoms with Gasteiger partial charge < -0.3 is 14.6 Å². The van der Waals surface area contributed by atoms with Crippen LogP contribution in [-0.2, 0) is 24.2 Å². The van der Waals surface area contributed by atoms with E-state index in [0.717, 1.165) is 30.8 Å². The van der Waals surface area contributed by atoms with Gasteiger partial charge >= 0.3 is 0 Å². The van der Waals surface area contributed by atoms with E-state index >= 15 is 0 Å². The Kier molecular flexibility index (Phi) is 4.99. The van der Waals surface area contributed by atoms with Crippen LogP contribution in [0.4, 0.5) is 0 Å². The minimum absolute atomic E-state index is 0.0155. The molecule has 5 nitrogen and oxygen atoms in total. The number of hydrogen-bond donors (Lipinski definition) is 1. The summed E-state index contributed by atoms with van der Waals surface area (Å²) in [5.41, 5.74) is 1.50. The van der Waals surface area contributed by atoms with Crippen molar-refractivity contribution in [3.8, 4) is 0 Å². The number of piperidine rings is 1. The van der Waals surface area contributed by atoms with Gasteiger partial charge in [-0.2, -0.15) is 0 Å². The van der Waals surface area contributed by atoms with Crippen LogP contribution in [0.2, 0.25) is 5.02 Å². The van der Waals surface area contributed by atoms with Crippen LogP contribution in [0.25, 0.3) is 0 Å². The number of fused-ring (bicyclic) bond motifs is 1. The molecule has 2 aliphatic heterocycles. The highest BCUT2D eigenvalue weighted by Gasteiger charge is 2.37. The molecule has 1 aromatic carbocycles. The van der Waals surface area contributed by atoms with Gasteiger partial charge in [0, 0.05) is 55.3 Å². The summed E-state index contributed by atoms with van der Waals surface area (Å²) in [5.74, 6) is 1.26. The van der Waals surface area contributed by atoms with Crippen LogP contribution in [0, 0.1) is 12.8 Å². The van der Waals surface area contributed by atoms with Gasteiger partial charge in [-0.1, -0.05) is 23.7 Å². The molecule has 3 heterocycles. The number of aryl methyl sites for hydroxylation is 1. The first-order valence-electron chi connectivity index (χ1n) is 9.70. The molecular formula is C21H26ClN3O2. The van der Waals surface area contributed by atoms with E-state index in [9.17, 15) is 9.90 Å². The van der Waals surface area contributed by atoms with Gasteiger partial charge in [-0.3, -0.25) is 4.79 Å². The highest BCUT2D eigenvalue weighted by Crippen LogP contribution is 2.29. The first-order chi connectivity index (χ1) is 12.9. The van der Waals surface area contributed by atoms with E-state index in [4.69, 9.17) is 11.6 Å². The average Bonchev–Trinajstić information content (AvgIpc) is 3.04. The Bertz CT molecular complexity index is 822. The Morgan fingerprint density at radius 1 is 1.26 bits per heavy atom. The minimum atomic E-state index is -0.745. The number of nitrogens with zero attached hydrogens (tertiary/aromatic N) is 3. The Labute approximate surface area is 165 Å². The number of halogens is 1. The summed E-state index contributed by atoms with van der Waals surface area (Å²) in [6.07, 6.45) is 5.31. The Morgan fingerprint density at radius 3 is 2.67 bits per heavy atom. The van der Waals surface area contributed by atoms with Gasteiger partial charge in [0.25, 0.3) is 0 Å². The first-order valence-corrected chi connectivity index (χ1v) is 10.1. The van der Waals surface area contributed by atoms with Crippen molar-refractivity contribution in [1.29, 1.82) is 0 Å². The second kappa shape index (κ2) is 7.28. The molecule has 1 saturated heterocycles. The van der Waals surface area contributed by atoms with Crippen LogP contribution >= 0.6 is 11.6 Å². The molecule has 4 rings (SSSR count). The Balaban J connectivity index is 1.34. The van der Waals surface area contributed by atoms with Crippen LogP contribution < -0.4 is 0 Å². The second-order valence-electron chi connectivity index (χ2n) is 8.01. The van der Waals surface area contributed by atoms with Gasteiger partial charge in [-0.25, -0.2) is 4.98 Å². The van der Waals surface area contributed by atoms with Crippen LogP contribution in [0.1, 0.15) is 36.3 Å². The number of benzene rings is 1. The molecule has 1 fully saturated rings. The number of aromatic nitrogens is 2. The van der Waals surface area contributed by atoms with Crippen molar-refractivity contribution in [3.63, 3.8) is 0 Å². The van der Waals surface area contributed by atoms with E-state index < -0.39 is 5.60 Å². The maximum absolute atomic E-state index is 13.0. The van der Waals surface area contributed by atoms with Crippen molar-refractivity contribution in [2.45, 2.75) is 51.2 Å². The van der Waals surface area contributed by atoms with Crippen molar-refractivity contribution in [1.82, 2.24) is 14.5 Å². The van der Waals surface area contributed by atoms with E-state index in [1.165, 1.54) is 5.69 Å². The van der Waals surface area contributed by atoms with E-state index in [0.29, 0.717) is 37.4 Å². The first kappa shape index (κ1) is 18.5. The van der Waals surface area contributed by atoms with Crippen LogP contribution in [0.3, 0.4) is 0 Å². The highest BCUT2D eigenvalue weighted by molar-refractivity contribution is 6.30. The van der Waals surface area contributed by atoms with Crippen LogP contribution in [-0.4, -0.2) is 44.2 Å². The fraction of sp³-hybridized carbons (Fsp3) is 0.524. The molecule has 1 N–H and O–H groups in total. The number of imidazole rings is 1. The standard InChI is InChI=1S/C21H26ClN3O2/c1-15-14-23-19-12-17(6-9-25(15)19)20(26)24-10-7-21(27,8-11-24)13-16-2-4-18(22)5-3-16/h2-5,14,17,27H,6-13H2,1H3. The monoisotopic (exact) mass is 387 g/mol. The Morgan fingerprint density at radius 2 is 1.96 bits per heavy atom. The molecule has 1 amide bonds. The molecule has 0 aliphatic carbocycles. The number of hydrogen-bond acceptors (Lipinski definition) is 3. The molecule has 0 spiro atoms. The van der Waals surface area contributed by atoms with Crippen molar-refractivity contribution in [2.24, 2.45) is 5.92 Å². The zero-order chi connectivity index (χ0) is 19.0. The van der Waals surface area contributed by atoms with E-state index in [-0.39, 0.29) is 11.8 Å². The van der Waals surface area contributed by atoms with Gasteiger partial charge in [-0.15, -0.1) is 0 Å². The predicted octanol–water partition coefficient (Wildman–Crippen LogP) is 3.00. The third kappa shape index (κ3) is 3.90. The van der Waals surface area contributed by atoms with Crippen LogP contribution in [0.15, 0.2) is 30.5 Å². The molecule has 1 atom stereocenters. The third-order valence-corrected chi connectivity index (χ3v) is 6.32. The number of likely N-dealkylation sites (tertiary alicyclic amines) is 1. The molecule has 6 heteroatoms. The molecule has 2 aliphatic rings. The number of amides is 1. The van der Waals surface area contributed by atoms with Gasteiger partial charge in [0.1, 0.15) is 5.82 Å². The molecular weight excluding hydrogens is 362 g/mol. The molecule has 27 heavy (non-hydrogen) atoms. The fourth-order valence-electron chi connectivity index (χ4n) is 4.36. The smallest absolute Gasteiger partial charge is 0.226 e. The van der Waals surface area contributed by atoms with E-state index in [1.54, 1.807) is 0 Å². The molecule has 1 unspecified atom stereocenters. The minimum Gasteiger partial charge on any atom is -0.389 e. The summed E-state index contributed by atoms with van der Waals surface area (Å²) >= 11 is 5.94. The number of rotatable bonds is 3. The average molecular weight is 388 g/mol. The SMILES string of the molecule is Cc1cnc2n1CCC(C(=O)N1CCC(O)(Cc3ccc(Cl)cc3)CC1)C2. The van der Waals surface area contributed by atoms with Crippen LogP contribution in [0.5, 0.6) is 0 Å². The summed E-state index contributed by atoms with van der Waals surface area (Å²) in [7, 11) is 0. The maximum Gasteiger partial charge on any atom is 0.226 e. The fourth-order valence-corrected chi connectivity index (χ4v) is 4.48. The van der Waals surface area contributed by atoms with Crippen molar-refractivity contribution >= 4 is 17.5 Å². The lowest BCUT2D eigenvalue weighted by atomic mass is 9.84. The summed E-state index contributed by atoms with van der Waals surface area (Å²) in [6, 6.07) is 7.63. The second-order valence-corrected chi connectivity index (χ2v) is 8.45. The molecule has 1 aromatic heterocycles. The largest absolute Gasteiger partial charge is 0.389 e. The third-order valence-electron chi connectivity index (χ3n) is 6.07. The van der Waals surface area contributed by atoms with Gasteiger partial charge in [0.2, 0.25) is 5.91 Å². The lowest BCUT2D eigenvalue weighted by Gasteiger charge is -2.40. The molecule has 0 bridgehead atoms. The zero-order valence-electron chi connectivity index (χ0n) is 15.7. The molecule has 144 valence electrons. The van der Waals surface area contributed by atoms with E-state index in [2.05, 4.69) is 16.5 Å². The number of carbonyl (C=O) groups excluding carboxylic acids is 1. The predicted molar refractivity (Wildman–Crippen MR) is 105 cm³/mol. The maximum atomic E-state index is 13.0. The highest BCUT2D eigenvalue weighted by atomic mass is 35.5. The number of aliphatic hydroxyl groups is 1. The topological polar surface area (TPSA) is 58.4 Å². The van der Waals surface area contributed by atoms with E-state index in [1.807, 2.05) is 35.4 Å². The summed E-state index contributed by atoms with van der Waals surface area (Å²) in [5, 5.41) is 11.7. The van der Waals surface area contributed by atoms with Crippen molar-refractivity contribution < 1.29 is 9.90 Å². The van der Waals surface area contributed by atoms with Gasteiger partial charge in [0.15, 0.2) is 0 Å². The summed E-state index contributed by atoms with van der Waals surface area (Å²) in [6.45, 7) is 4.16. The zero-order valence-corrected chi connectivity index (χ0v) is 16.5. The van der Waals surface area contributed by atoms with Crippen molar-refractivity contribution in [3.05, 3.63) is 52.6 Å². The quantitative estimate of drug-likeness (QED) is 0.880. The van der Waals surface area contributed by atoms with Gasteiger partial charge in [-0.05, 0) is 43.9 Å². The summed E-state index contributed by atoms with van der Waals surface area (Å²) < 4.78 is 2.21. The lowest BCUT2D eigenvalue weighted by Crippen LogP contribution is -2.50. The molecule has 0 radical (unpaired) electrons.